The van der Waals surface area contributed by atoms with Crippen molar-refractivity contribution in [1.29, 1.82) is 0 Å². The lowest BCUT2D eigenvalue weighted by Crippen LogP contribution is -2.34. The average molecular weight is 598 g/mol. The lowest BCUT2D eigenvalue weighted by Gasteiger charge is -2.16. The number of aryl methyl sites for hydroxylation is 1. The van der Waals surface area contributed by atoms with E-state index >= 15 is 0 Å². The van der Waals surface area contributed by atoms with Crippen LogP contribution in [0.3, 0.4) is 0 Å². The predicted octanol–water partition coefficient (Wildman–Crippen LogP) is 3.61. The molecule has 0 heterocycles. The van der Waals surface area contributed by atoms with Gasteiger partial charge in [-0.25, -0.2) is 4.57 Å². The SMILES string of the molecule is CCCCCCOc1cccc(COc2cccc(CCC(=O)OC[C@@H](O)COP(=O)(O)OC[C@H](N)C(=O)O)c2)c1. The monoisotopic (exact) mass is 597 g/mol. The van der Waals surface area contributed by atoms with Gasteiger partial charge in [0, 0.05) is 6.42 Å². The van der Waals surface area contributed by atoms with Crippen molar-refractivity contribution in [3.63, 3.8) is 0 Å². The van der Waals surface area contributed by atoms with Crippen LogP contribution in [-0.4, -0.2) is 65.6 Å². The normalized spacial score (nSPS) is 14.0. The largest absolute Gasteiger partial charge is 0.494 e. The van der Waals surface area contributed by atoms with Gasteiger partial charge >= 0.3 is 19.8 Å². The third-order valence-corrected chi connectivity index (χ3v) is 6.64. The number of phosphoric acid groups is 1. The van der Waals surface area contributed by atoms with Crippen molar-refractivity contribution in [2.45, 2.75) is 64.2 Å². The van der Waals surface area contributed by atoms with E-state index in [-0.39, 0.29) is 6.42 Å². The summed E-state index contributed by atoms with van der Waals surface area (Å²) in [6.45, 7) is 1.30. The average Bonchev–Trinajstić information content (AvgIpc) is 2.96. The Hall–Kier alpha value is -2.99. The van der Waals surface area contributed by atoms with Crippen LogP contribution in [0.25, 0.3) is 0 Å². The number of hydrogen-bond donors (Lipinski definition) is 4. The molecule has 0 aliphatic carbocycles. The first-order valence-corrected chi connectivity index (χ1v) is 14.9. The number of ether oxygens (including phenoxy) is 3. The second-order valence-corrected chi connectivity index (χ2v) is 10.8. The first kappa shape index (κ1) is 34.2. The van der Waals surface area contributed by atoms with Crippen LogP contribution >= 0.6 is 7.82 Å². The number of esters is 1. The van der Waals surface area contributed by atoms with Gasteiger partial charge in [0.05, 0.1) is 19.8 Å². The number of aliphatic hydroxyl groups is 1. The van der Waals surface area contributed by atoms with E-state index in [1.54, 1.807) is 0 Å². The van der Waals surface area contributed by atoms with E-state index in [1.807, 2.05) is 48.5 Å². The number of benzene rings is 2. The molecule has 2 aromatic carbocycles. The summed E-state index contributed by atoms with van der Waals surface area (Å²) < 4.78 is 37.5. The lowest BCUT2D eigenvalue weighted by atomic mass is 10.1. The Balaban J connectivity index is 1.69. The Labute approximate surface area is 239 Å². The molecule has 13 heteroatoms. The molecule has 228 valence electrons. The summed E-state index contributed by atoms with van der Waals surface area (Å²) in [7, 11) is -4.64. The number of carboxylic acid groups (broad SMARTS) is 1. The maximum absolute atomic E-state index is 12.1. The Morgan fingerprint density at radius 2 is 1.59 bits per heavy atom. The van der Waals surface area contributed by atoms with E-state index in [0.717, 1.165) is 29.7 Å². The summed E-state index contributed by atoms with van der Waals surface area (Å²) in [5.74, 6) is -0.547. The molecule has 0 aromatic heterocycles. The molecule has 0 radical (unpaired) electrons. The molecule has 1 unspecified atom stereocenters. The summed E-state index contributed by atoms with van der Waals surface area (Å²) in [4.78, 5) is 32.2. The Kier molecular flexibility index (Phi) is 15.4. The van der Waals surface area contributed by atoms with Gasteiger partial charge in [0.25, 0.3) is 0 Å². The summed E-state index contributed by atoms with van der Waals surface area (Å²) >= 11 is 0. The number of carbonyl (C=O) groups excluding carboxylic acids is 1. The highest BCUT2D eigenvalue weighted by Crippen LogP contribution is 2.43. The van der Waals surface area contributed by atoms with Crippen LogP contribution in [0.4, 0.5) is 0 Å². The lowest BCUT2D eigenvalue weighted by molar-refractivity contribution is -0.147. The number of hydrogen-bond acceptors (Lipinski definition) is 10. The maximum atomic E-state index is 12.1. The molecule has 0 amide bonds. The number of nitrogens with two attached hydrogens (primary N) is 1. The van der Waals surface area contributed by atoms with Gasteiger partial charge in [0.15, 0.2) is 0 Å². The quantitative estimate of drug-likeness (QED) is 0.0933. The highest BCUT2D eigenvalue weighted by atomic mass is 31.2. The van der Waals surface area contributed by atoms with Crippen molar-refractivity contribution in [1.82, 2.24) is 0 Å². The van der Waals surface area contributed by atoms with E-state index < -0.39 is 51.7 Å². The number of carboxylic acids is 1. The van der Waals surface area contributed by atoms with Crippen molar-refractivity contribution in [3.05, 3.63) is 59.7 Å². The molecule has 0 fully saturated rings. The Morgan fingerprint density at radius 3 is 2.29 bits per heavy atom. The number of rotatable bonds is 21. The van der Waals surface area contributed by atoms with Gasteiger partial charge in [0.2, 0.25) is 0 Å². The van der Waals surface area contributed by atoms with E-state index in [1.165, 1.54) is 12.8 Å². The van der Waals surface area contributed by atoms with Crippen LogP contribution in [0.2, 0.25) is 0 Å². The van der Waals surface area contributed by atoms with E-state index in [2.05, 4.69) is 16.0 Å². The van der Waals surface area contributed by atoms with Gasteiger partial charge in [-0.15, -0.1) is 0 Å². The molecular weight excluding hydrogens is 557 g/mol. The number of phosphoric ester groups is 1. The second kappa shape index (κ2) is 18.4. The predicted molar refractivity (Wildman–Crippen MR) is 149 cm³/mol. The Bertz CT molecular complexity index is 1130. The smallest absolute Gasteiger partial charge is 0.472 e. The van der Waals surface area contributed by atoms with Crippen molar-refractivity contribution < 1.29 is 52.5 Å². The van der Waals surface area contributed by atoms with Gasteiger partial charge in [-0.1, -0.05) is 50.5 Å². The molecule has 3 atom stereocenters. The zero-order valence-electron chi connectivity index (χ0n) is 23.2. The van der Waals surface area contributed by atoms with Gasteiger partial charge in [-0.2, -0.15) is 0 Å². The zero-order valence-corrected chi connectivity index (χ0v) is 24.1. The molecule has 2 rings (SSSR count). The van der Waals surface area contributed by atoms with Crippen LogP contribution in [-0.2, 0) is 41.0 Å². The minimum atomic E-state index is -4.64. The van der Waals surface area contributed by atoms with E-state index in [4.69, 9.17) is 25.1 Å². The third-order valence-electron chi connectivity index (χ3n) is 5.69. The molecular formula is C28H40NO11P. The molecule has 12 nitrogen and oxygen atoms in total. The highest BCUT2D eigenvalue weighted by molar-refractivity contribution is 7.47. The van der Waals surface area contributed by atoms with Gasteiger partial charge in [-0.05, 0) is 48.2 Å². The molecule has 41 heavy (non-hydrogen) atoms. The molecule has 0 bridgehead atoms. The van der Waals surface area contributed by atoms with Crippen LogP contribution in [0.1, 0.15) is 50.2 Å². The first-order chi connectivity index (χ1) is 19.6. The molecule has 0 aliphatic rings. The fourth-order valence-electron chi connectivity index (χ4n) is 3.42. The van der Waals surface area contributed by atoms with Crippen LogP contribution < -0.4 is 15.2 Å². The summed E-state index contributed by atoms with van der Waals surface area (Å²) in [5.41, 5.74) is 7.00. The van der Waals surface area contributed by atoms with E-state index in [0.29, 0.717) is 25.4 Å². The first-order valence-electron chi connectivity index (χ1n) is 13.5. The van der Waals surface area contributed by atoms with Crippen LogP contribution in [0, 0.1) is 0 Å². The van der Waals surface area contributed by atoms with Gasteiger partial charge in [0.1, 0.15) is 36.9 Å². The fraction of sp³-hybridized carbons (Fsp3) is 0.500. The molecule has 5 N–H and O–H groups in total. The standard InChI is InChI=1S/C28H40NO11P/c1-2-3-4-5-14-36-24-10-7-9-22(16-24)17-37-25-11-6-8-21(15-25)12-13-27(31)38-18-23(30)19-39-41(34,35)40-20-26(29)28(32)33/h6-11,15-16,23,26,30H,2-5,12-14,17-20,29H2,1H3,(H,32,33)(H,34,35)/t23-,26+/m1/s1. The number of carbonyl (C=O) groups is 2. The number of aliphatic carboxylic acids is 1. The number of aliphatic hydroxyl groups excluding tert-OH is 1. The Morgan fingerprint density at radius 1 is 0.927 bits per heavy atom. The number of unbranched alkanes of at least 4 members (excludes halogenated alkanes) is 3. The molecule has 0 aliphatic heterocycles. The van der Waals surface area contributed by atoms with Crippen molar-refractivity contribution >= 4 is 19.8 Å². The van der Waals surface area contributed by atoms with Crippen LogP contribution in [0.15, 0.2) is 48.5 Å². The topological polar surface area (TPSA) is 184 Å². The van der Waals surface area contributed by atoms with Crippen molar-refractivity contribution in [2.24, 2.45) is 5.73 Å². The summed E-state index contributed by atoms with van der Waals surface area (Å²) in [6, 6.07) is 13.6. The molecule has 2 aromatic rings. The molecule has 0 saturated carbocycles. The van der Waals surface area contributed by atoms with Crippen molar-refractivity contribution in [3.8, 4) is 11.5 Å². The maximum Gasteiger partial charge on any atom is 0.472 e. The minimum absolute atomic E-state index is 0.0311. The highest BCUT2D eigenvalue weighted by Gasteiger charge is 2.26. The second-order valence-electron chi connectivity index (χ2n) is 9.33. The van der Waals surface area contributed by atoms with Gasteiger partial charge in [-0.3, -0.25) is 18.6 Å². The summed E-state index contributed by atoms with van der Waals surface area (Å²) in [5, 5.41) is 18.5. The van der Waals surface area contributed by atoms with Crippen LogP contribution in [0.5, 0.6) is 11.5 Å². The van der Waals surface area contributed by atoms with Crippen molar-refractivity contribution in [2.75, 3.05) is 26.4 Å². The fourth-order valence-corrected chi connectivity index (χ4v) is 4.20. The molecule has 0 saturated heterocycles. The zero-order chi connectivity index (χ0) is 30.1. The van der Waals surface area contributed by atoms with E-state index in [9.17, 15) is 24.2 Å². The third kappa shape index (κ3) is 15.0. The summed E-state index contributed by atoms with van der Waals surface area (Å²) in [6.07, 6.45) is 3.57. The molecule has 0 spiro atoms. The minimum Gasteiger partial charge on any atom is -0.494 e. The van der Waals surface area contributed by atoms with Gasteiger partial charge < -0.3 is 35.1 Å².